The van der Waals surface area contributed by atoms with Crippen molar-refractivity contribution in [1.29, 1.82) is 5.26 Å². The summed E-state index contributed by atoms with van der Waals surface area (Å²) in [5.74, 6) is -0.200. The Morgan fingerprint density at radius 2 is 1.71 bits per heavy atom. The van der Waals surface area contributed by atoms with Crippen molar-refractivity contribution in [3.8, 4) is 6.07 Å². The minimum Gasteiger partial charge on any atom is -0.212 e. The van der Waals surface area contributed by atoms with Gasteiger partial charge in [-0.25, -0.2) is 13.1 Å². The molecule has 0 aromatic heterocycles. The van der Waals surface area contributed by atoms with Gasteiger partial charge in [0.05, 0.1) is 17.4 Å². The molecule has 0 saturated heterocycles. The van der Waals surface area contributed by atoms with Crippen molar-refractivity contribution in [3.05, 3.63) is 71.3 Å². The number of benzene rings is 2. The lowest BCUT2D eigenvalue weighted by Crippen LogP contribution is -2.28. The molecule has 0 radical (unpaired) electrons. The molecule has 0 unspecified atom stereocenters. The van der Waals surface area contributed by atoms with Gasteiger partial charge in [-0.05, 0) is 24.1 Å². The largest absolute Gasteiger partial charge is 0.216 e. The van der Waals surface area contributed by atoms with Crippen molar-refractivity contribution < 1.29 is 8.42 Å². The Labute approximate surface area is 125 Å². The van der Waals surface area contributed by atoms with Crippen molar-refractivity contribution in [2.24, 2.45) is 0 Å². The summed E-state index contributed by atoms with van der Waals surface area (Å²) in [7, 11) is -3.52. The lowest BCUT2D eigenvalue weighted by molar-refractivity contribution is 0.566. The molecule has 0 amide bonds. The van der Waals surface area contributed by atoms with Crippen LogP contribution in [0, 0.1) is 11.3 Å². The van der Waals surface area contributed by atoms with Crippen LogP contribution in [0.1, 0.15) is 29.7 Å². The van der Waals surface area contributed by atoms with Gasteiger partial charge in [-0.3, -0.25) is 0 Å². The molecule has 2 aromatic carbocycles. The number of nitrogens with one attached hydrogen (secondary N) is 1. The lowest BCUT2D eigenvalue weighted by Gasteiger charge is -2.15. The second kappa shape index (κ2) is 6.53. The normalized spacial score (nSPS) is 12.6. The van der Waals surface area contributed by atoms with Crippen LogP contribution in [0.4, 0.5) is 0 Å². The van der Waals surface area contributed by atoms with Crippen LogP contribution >= 0.6 is 0 Å². The summed E-state index contributed by atoms with van der Waals surface area (Å²) in [6.45, 7) is 1.79. The summed E-state index contributed by atoms with van der Waals surface area (Å²) in [6, 6.07) is 17.8. The smallest absolute Gasteiger partial charge is 0.212 e. The van der Waals surface area contributed by atoms with E-state index in [1.165, 1.54) is 0 Å². The van der Waals surface area contributed by atoms with Crippen molar-refractivity contribution in [1.82, 2.24) is 4.72 Å². The molecule has 0 spiro atoms. The second-order valence-corrected chi connectivity index (χ2v) is 6.53. The van der Waals surface area contributed by atoms with Gasteiger partial charge in [-0.2, -0.15) is 5.26 Å². The Balaban J connectivity index is 2.14. The Morgan fingerprint density at radius 1 is 1.10 bits per heavy atom. The van der Waals surface area contributed by atoms with E-state index in [-0.39, 0.29) is 11.8 Å². The van der Waals surface area contributed by atoms with Gasteiger partial charge in [0.2, 0.25) is 10.0 Å². The van der Waals surface area contributed by atoms with Crippen LogP contribution in [0.5, 0.6) is 0 Å². The van der Waals surface area contributed by atoms with Crippen LogP contribution in [0.25, 0.3) is 0 Å². The summed E-state index contributed by atoms with van der Waals surface area (Å²) < 4.78 is 27.1. The molecule has 0 heterocycles. The predicted molar refractivity (Wildman–Crippen MR) is 81.8 cm³/mol. The van der Waals surface area contributed by atoms with E-state index >= 15 is 0 Å². The van der Waals surface area contributed by atoms with Gasteiger partial charge in [-0.15, -0.1) is 0 Å². The number of hydrogen-bond donors (Lipinski definition) is 1. The van der Waals surface area contributed by atoms with E-state index in [2.05, 4.69) is 4.72 Å². The highest BCUT2D eigenvalue weighted by Crippen LogP contribution is 2.16. The first kappa shape index (κ1) is 15.2. The van der Waals surface area contributed by atoms with E-state index in [1.807, 2.05) is 36.4 Å². The van der Waals surface area contributed by atoms with Crippen LogP contribution in [-0.2, 0) is 15.8 Å². The van der Waals surface area contributed by atoms with Gasteiger partial charge in [0.25, 0.3) is 0 Å². The molecule has 0 saturated carbocycles. The molecule has 2 aromatic rings. The van der Waals surface area contributed by atoms with Crippen LogP contribution in [0.3, 0.4) is 0 Å². The molecule has 0 bridgehead atoms. The van der Waals surface area contributed by atoms with Gasteiger partial charge >= 0.3 is 0 Å². The summed E-state index contributed by atoms with van der Waals surface area (Å²) in [5, 5.41) is 9.01. The highest BCUT2D eigenvalue weighted by Gasteiger charge is 2.17. The van der Waals surface area contributed by atoms with Gasteiger partial charge < -0.3 is 0 Å². The molecule has 1 N–H and O–H groups in total. The van der Waals surface area contributed by atoms with Crippen molar-refractivity contribution >= 4 is 10.0 Å². The fourth-order valence-electron chi connectivity index (χ4n) is 2.08. The molecule has 0 aliphatic carbocycles. The lowest BCUT2D eigenvalue weighted by atomic mass is 10.1. The maximum atomic E-state index is 12.2. The average molecular weight is 300 g/mol. The Bertz CT molecular complexity index is 749. The molecular formula is C16H16N2O2S. The fraction of sp³-hybridized carbons (Fsp3) is 0.188. The minimum atomic E-state index is -3.52. The summed E-state index contributed by atoms with van der Waals surface area (Å²) in [6.07, 6.45) is 0. The molecule has 5 heteroatoms. The van der Waals surface area contributed by atoms with Crippen molar-refractivity contribution in [2.75, 3.05) is 0 Å². The number of nitrogens with zero attached hydrogens (tertiary/aromatic N) is 1. The quantitative estimate of drug-likeness (QED) is 0.923. The third-order valence-corrected chi connectivity index (χ3v) is 4.54. The standard InChI is InChI=1S/C16H16N2O2S/c1-13(14-7-3-2-4-8-14)18-21(19,20)12-16-10-6-5-9-15(16)11-17/h2-10,13,18H,12H2,1H3/t13-/m0/s1. The molecule has 4 nitrogen and oxygen atoms in total. The van der Waals surface area contributed by atoms with Gasteiger partial charge in [0.15, 0.2) is 0 Å². The van der Waals surface area contributed by atoms with Gasteiger partial charge in [0, 0.05) is 6.04 Å². The molecule has 21 heavy (non-hydrogen) atoms. The average Bonchev–Trinajstić information content (AvgIpc) is 2.47. The molecule has 108 valence electrons. The van der Waals surface area contributed by atoms with Gasteiger partial charge in [0.1, 0.15) is 0 Å². The molecule has 1 atom stereocenters. The predicted octanol–water partition coefficient (Wildman–Crippen LogP) is 2.74. The van der Waals surface area contributed by atoms with E-state index in [1.54, 1.807) is 31.2 Å². The van der Waals surface area contributed by atoms with E-state index in [0.717, 1.165) is 5.56 Å². The zero-order chi connectivity index (χ0) is 15.3. The van der Waals surface area contributed by atoms with Crippen LogP contribution in [0.2, 0.25) is 0 Å². The second-order valence-electron chi connectivity index (χ2n) is 4.78. The topological polar surface area (TPSA) is 70.0 Å². The van der Waals surface area contributed by atoms with Crippen LogP contribution in [-0.4, -0.2) is 8.42 Å². The first-order valence-electron chi connectivity index (χ1n) is 6.55. The zero-order valence-corrected chi connectivity index (χ0v) is 12.5. The third kappa shape index (κ3) is 4.15. The van der Waals surface area contributed by atoms with Crippen LogP contribution < -0.4 is 4.72 Å². The van der Waals surface area contributed by atoms with E-state index in [0.29, 0.717) is 11.1 Å². The highest BCUT2D eigenvalue weighted by atomic mass is 32.2. The Morgan fingerprint density at radius 3 is 2.38 bits per heavy atom. The molecule has 0 aliphatic heterocycles. The van der Waals surface area contributed by atoms with Crippen molar-refractivity contribution in [3.63, 3.8) is 0 Å². The fourth-order valence-corrected chi connectivity index (χ4v) is 3.50. The molecule has 0 aliphatic rings. The maximum absolute atomic E-state index is 12.2. The number of sulfonamides is 1. The Hall–Kier alpha value is -2.16. The number of hydrogen-bond acceptors (Lipinski definition) is 3. The number of nitriles is 1. The van der Waals surface area contributed by atoms with E-state index < -0.39 is 10.0 Å². The monoisotopic (exact) mass is 300 g/mol. The first-order valence-corrected chi connectivity index (χ1v) is 8.20. The molecule has 2 rings (SSSR count). The number of rotatable bonds is 5. The van der Waals surface area contributed by atoms with Crippen LogP contribution in [0.15, 0.2) is 54.6 Å². The Kier molecular flexibility index (Phi) is 4.73. The summed E-state index contributed by atoms with van der Waals surface area (Å²) in [5.41, 5.74) is 1.79. The van der Waals surface area contributed by atoms with Crippen molar-refractivity contribution in [2.45, 2.75) is 18.7 Å². The molecular weight excluding hydrogens is 284 g/mol. The maximum Gasteiger partial charge on any atom is 0.216 e. The SMILES string of the molecule is C[C@H](NS(=O)(=O)Cc1ccccc1C#N)c1ccccc1. The van der Waals surface area contributed by atoms with E-state index in [9.17, 15) is 8.42 Å². The highest BCUT2D eigenvalue weighted by molar-refractivity contribution is 7.88. The third-order valence-electron chi connectivity index (χ3n) is 3.14. The minimum absolute atomic E-state index is 0.200. The zero-order valence-electron chi connectivity index (χ0n) is 11.7. The summed E-state index contributed by atoms with van der Waals surface area (Å²) in [4.78, 5) is 0. The van der Waals surface area contributed by atoms with E-state index in [4.69, 9.17) is 5.26 Å². The molecule has 0 fully saturated rings. The first-order chi connectivity index (χ1) is 10.0. The van der Waals surface area contributed by atoms with Gasteiger partial charge in [-0.1, -0.05) is 48.5 Å². The summed E-state index contributed by atoms with van der Waals surface area (Å²) >= 11 is 0.